The van der Waals surface area contributed by atoms with Crippen LogP contribution in [0.2, 0.25) is 0 Å². The average molecular weight is 740 g/mol. The first-order valence-corrected chi connectivity index (χ1v) is 19.8. The Bertz CT molecular complexity index is 3280. The fourth-order valence-corrected chi connectivity index (χ4v) is 8.59. The predicted octanol–water partition coefficient (Wildman–Crippen LogP) is 16.0. The molecule has 0 N–H and O–H groups in total. The first kappa shape index (κ1) is 33.6. The Hall–Kier alpha value is -7.68. The third-order valence-corrected chi connectivity index (χ3v) is 11.4. The molecule has 0 saturated heterocycles. The highest BCUT2D eigenvalue weighted by atomic mass is 16.3. The molecule has 0 fully saturated rings. The molecule has 1 heterocycles. The smallest absolute Gasteiger partial charge is 0.137 e. The highest BCUT2D eigenvalue weighted by molar-refractivity contribution is 6.06. The zero-order valence-electron chi connectivity index (χ0n) is 31.7. The van der Waals surface area contributed by atoms with Crippen molar-refractivity contribution in [2.75, 3.05) is 4.90 Å². The van der Waals surface area contributed by atoms with Crippen LogP contribution in [0.5, 0.6) is 0 Å². The lowest BCUT2D eigenvalue weighted by Gasteiger charge is -2.26. The number of nitrogens with zero attached hydrogens (tertiary/aromatic N) is 1. The summed E-state index contributed by atoms with van der Waals surface area (Å²) >= 11 is 0. The van der Waals surface area contributed by atoms with E-state index >= 15 is 0 Å². The minimum atomic E-state index is 0.866. The molecule has 1 aromatic heterocycles. The van der Waals surface area contributed by atoms with E-state index in [1.54, 1.807) is 0 Å². The Kier molecular flexibility index (Phi) is 8.19. The predicted molar refractivity (Wildman–Crippen MR) is 245 cm³/mol. The number of rotatable bonds is 7. The van der Waals surface area contributed by atoms with Gasteiger partial charge in [0.15, 0.2) is 0 Å². The Labute approximate surface area is 337 Å². The van der Waals surface area contributed by atoms with Crippen molar-refractivity contribution in [2.45, 2.75) is 0 Å². The summed E-state index contributed by atoms with van der Waals surface area (Å²) in [5.74, 6) is 0. The molecule has 0 saturated carbocycles. The number of hydrogen-bond acceptors (Lipinski definition) is 2. The van der Waals surface area contributed by atoms with E-state index < -0.39 is 0 Å². The number of furan rings is 1. The summed E-state index contributed by atoms with van der Waals surface area (Å²) < 4.78 is 6.42. The lowest BCUT2D eigenvalue weighted by Crippen LogP contribution is -2.10. The van der Waals surface area contributed by atoms with Crippen LogP contribution in [0.25, 0.3) is 88.0 Å². The van der Waals surface area contributed by atoms with Gasteiger partial charge in [-0.25, -0.2) is 0 Å². The second-order valence-corrected chi connectivity index (χ2v) is 14.9. The molecule has 0 spiro atoms. The minimum Gasteiger partial charge on any atom is -0.456 e. The highest BCUT2D eigenvalue weighted by Crippen LogP contribution is 2.41. The van der Waals surface area contributed by atoms with Crippen LogP contribution in [0.1, 0.15) is 0 Å². The van der Waals surface area contributed by atoms with Crippen molar-refractivity contribution in [2.24, 2.45) is 0 Å². The van der Waals surface area contributed by atoms with Crippen molar-refractivity contribution in [3.63, 3.8) is 0 Å². The van der Waals surface area contributed by atoms with Crippen molar-refractivity contribution >= 4 is 60.5 Å². The minimum absolute atomic E-state index is 0.866. The summed E-state index contributed by atoms with van der Waals surface area (Å²) in [4.78, 5) is 2.34. The maximum Gasteiger partial charge on any atom is 0.137 e. The van der Waals surface area contributed by atoms with E-state index in [2.05, 4.69) is 217 Å². The zero-order chi connectivity index (χ0) is 38.4. The largest absolute Gasteiger partial charge is 0.456 e. The fraction of sp³-hybridized carbons (Fsp3) is 0. The van der Waals surface area contributed by atoms with Gasteiger partial charge in [0.05, 0.1) is 0 Å². The van der Waals surface area contributed by atoms with Crippen molar-refractivity contribution in [3.8, 4) is 44.5 Å². The molecule has 272 valence electrons. The molecule has 0 aliphatic carbocycles. The summed E-state index contributed by atoms with van der Waals surface area (Å²) in [6.45, 7) is 0. The van der Waals surface area contributed by atoms with Gasteiger partial charge in [-0.1, -0.05) is 164 Å². The molecular weight excluding hydrogens is 703 g/mol. The SMILES string of the molecule is c1ccc(-c2ccc3cccc(-c4cccc(-c5cccc(N(c6ccc(-c7cccc8ccccc78)cc6)c6ccc7c(c6)oc6ccccc67)c5)c4)c3c2)cc1. The van der Waals surface area contributed by atoms with Gasteiger partial charge in [0.2, 0.25) is 0 Å². The molecule has 0 bridgehead atoms. The van der Waals surface area contributed by atoms with Crippen LogP contribution in [0.4, 0.5) is 17.1 Å². The normalized spacial score (nSPS) is 11.4. The molecule has 0 atom stereocenters. The molecule has 58 heavy (non-hydrogen) atoms. The summed E-state index contributed by atoms with van der Waals surface area (Å²) in [5, 5.41) is 7.20. The standard InChI is InChI=1S/C56H37NO/c1-2-12-38(13-3-1)44-27-26-40-16-11-24-51(54(40)36-44)45-19-8-17-42(34-45)43-18-9-20-47(35-43)57(48-32-33-53-52-22-6-7-25-55(52)58-56(53)37-48)46-30-28-41(29-31-46)50-23-10-15-39-14-4-5-21-49(39)50/h1-37H. The lowest BCUT2D eigenvalue weighted by atomic mass is 9.93. The van der Waals surface area contributed by atoms with Crippen molar-refractivity contribution in [3.05, 3.63) is 224 Å². The molecule has 0 aliphatic heterocycles. The average Bonchev–Trinajstić information content (AvgIpc) is 3.67. The van der Waals surface area contributed by atoms with E-state index in [1.807, 2.05) is 12.1 Å². The van der Waals surface area contributed by atoms with Gasteiger partial charge < -0.3 is 9.32 Å². The summed E-state index contributed by atoms with van der Waals surface area (Å²) in [5.41, 5.74) is 14.5. The molecule has 2 heteroatoms. The Morgan fingerprint density at radius 2 is 0.810 bits per heavy atom. The number of fused-ring (bicyclic) bond motifs is 5. The Morgan fingerprint density at radius 1 is 0.259 bits per heavy atom. The molecule has 0 unspecified atom stereocenters. The lowest BCUT2D eigenvalue weighted by molar-refractivity contribution is 0.669. The first-order chi connectivity index (χ1) is 28.7. The van der Waals surface area contributed by atoms with Gasteiger partial charge in [-0.15, -0.1) is 0 Å². The topological polar surface area (TPSA) is 16.4 Å². The van der Waals surface area contributed by atoms with Crippen LogP contribution in [0.15, 0.2) is 229 Å². The quantitative estimate of drug-likeness (QED) is 0.162. The number of para-hydroxylation sites is 1. The number of hydrogen-bond donors (Lipinski definition) is 0. The highest BCUT2D eigenvalue weighted by Gasteiger charge is 2.17. The maximum absolute atomic E-state index is 6.42. The molecule has 0 radical (unpaired) electrons. The van der Waals surface area contributed by atoms with E-state index in [4.69, 9.17) is 4.42 Å². The second kappa shape index (κ2) is 14.1. The van der Waals surface area contributed by atoms with Crippen LogP contribution in [0, 0.1) is 0 Å². The third kappa shape index (κ3) is 6.00. The van der Waals surface area contributed by atoms with Gasteiger partial charge in [-0.05, 0) is 121 Å². The van der Waals surface area contributed by atoms with Gasteiger partial charge in [0.25, 0.3) is 0 Å². The molecule has 0 amide bonds. The molecule has 2 nitrogen and oxygen atoms in total. The first-order valence-electron chi connectivity index (χ1n) is 19.8. The van der Waals surface area contributed by atoms with E-state index in [0.29, 0.717) is 0 Å². The van der Waals surface area contributed by atoms with Crippen LogP contribution in [0.3, 0.4) is 0 Å². The summed E-state index contributed by atoms with van der Waals surface area (Å²) in [6.07, 6.45) is 0. The van der Waals surface area contributed by atoms with E-state index in [-0.39, 0.29) is 0 Å². The van der Waals surface area contributed by atoms with Gasteiger partial charge >= 0.3 is 0 Å². The molecule has 11 aromatic rings. The molecule has 0 aliphatic rings. The summed E-state index contributed by atoms with van der Waals surface area (Å²) in [7, 11) is 0. The maximum atomic E-state index is 6.42. The van der Waals surface area contributed by atoms with Crippen molar-refractivity contribution in [1.82, 2.24) is 0 Å². The fourth-order valence-electron chi connectivity index (χ4n) is 8.59. The van der Waals surface area contributed by atoms with Crippen molar-refractivity contribution < 1.29 is 4.42 Å². The third-order valence-electron chi connectivity index (χ3n) is 11.4. The van der Waals surface area contributed by atoms with E-state index in [9.17, 15) is 0 Å². The van der Waals surface area contributed by atoms with Crippen LogP contribution in [-0.4, -0.2) is 0 Å². The van der Waals surface area contributed by atoms with Gasteiger partial charge in [-0.3, -0.25) is 0 Å². The van der Waals surface area contributed by atoms with Crippen molar-refractivity contribution in [1.29, 1.82) is 0 Å². The molecule has 11 rings (SSSR count). The molecule has 10 aromatic carbocycles. The monoisotopic (exact) mass is 739 g/mol. The summed E-state index contributed by atoms with van der Waals surface area (Å²) in [6, 6.07) is 80.7. The second-order valence-electron chi connectivity index (χ2n) is 14.9. The number of anilines is 3. The van der Waals surface area contributed by atoms with Gasteiger partial charge in [-0.2, -0.15) is 0 Å². The zero-order valence-corrected chi connectivity index (χ0v) is 31.7. The van der Waals surface area contributed by atoms with Crippen LogP contribution in [-0.2, 0) is 0 Å². The van der Waals surface area contributed by atoms with E-state index in [0.717, 1.165) is 50.1 Å². The molecular formula is C56H37NO. The van der Waals surface area contributed by atoms with Crippen LogP contribution < -0.4 is 4.90 Å². The van der Waals surface area contributed by atoms with Crippen LogP contribution >= 0.6 is 0 Å². The Balaban J connectivity index is 1.01. The van der Waals surface area contributed by atoms with Gasteiger partial charge in [0.1, 0.15) is 11.2 Å². The number of benzene rings is 10. The Morgan fingerprint density at radius 3 is 1.66 bits per heavy atom. The van der Waals surface area contributed by atoms with Gasteiger partial charge in [0, 0.05) is 33.9 Å². The van der Waals surface area contributed by atoms with E-state index in [1.165, 1.54) is 54.9 Å².